The van der Waals surface area contributed by atoms with Gasteiger partial charge in [-0.15, -0.1) is 0 Å². The Morgan fingerprint density at radius 1 is 1.86 bits per heavy atom. The zero-order chi connectivity index (χ0) is 5.28. The first-order chi connectivity index (χ1) is 3.30. The molecule has 0 fully saturated rings. The number of nitrogens with one attached hydrogen (secondary N) is 1. The van der Waals surface area contributed by atoms with Crippen LogP contribution in [0.4, 0.5) is 0 Å². The summed E-state index contributed by atoms with van der Waals surface area (Å²) in [6, 6.07) is 0. The zero-order valence-electron chi connectivity index (χ0n) is 3.93. The lowest BCUT2D eigenvalue weighted by molar-refractivity contribution is 0.352. The van der Waals surface area contributed by atoms with Crippen molar-refractivity contribution < 1.29 is 5.11 Å². The van der Waals surface area contributed by atoms with Crippen molar-refractivity contribution in [2.45, 2.75) is 6.92 Å². The summed E-state index contributed by atoms with van der Waals surface area (Å²) in [4.78, 5) is 0. The molecule has 1 rings (SSSR count). The third kappa shape index (κ3) is 0.559. The zero-order valence-corrected chi connectivity index (χ0v) is 3.93. The molecule has 0 unspecified atom stereocenters. The second kappa shape index (κ2) is 1.26. The number of aromatic amines is 1. The van der Waals surface area contributed by atoms with Gasteiger partial charge in [-0.2, -0.15) is 5.10 Å². The fourth-order valence-electron chi connectivity index (χ4n) is 0.347. The molecule has 3 heteroatoms. The molecule has 0 bridgehead atoms. The van der Waals surface area contributed by atoms with Gasteiger partial charge in [0.15, 0.2) is 0 Å². The van der Waals surface area contributed by atoms with E-state index < -0.39 is 0 Å². The Bertz CT molecular complexity index is 142. The van der Waals surface area contributed by atoms with Crippen molar-refractivity contribution in [2.75, 3.05) is 0 Å². The van der Waals surface area contributed by atoms with Crippen LogP contribution in [0.1, 0.15) is 5.69 Å². The maximum atomic E-state index is 10.3. The van der Waals surface area contributed by atoms with E-state index in [2.05, 4.69) is 10.2 Å². The summed E-state index contributed by atoms with van der Waals surface area (Å²) in [6.45, 7) is 1.67. The summed E-state index contributed by atoms with van der Waals surface area (Å²) in [5.41, 5.74) is 0.528. The van der Waals surface area contributed by atoms with E-state index in [-0.39, 0.29) is 5.75 Å². The average molecular weight is 97.1 g/mol. The molecule has 0 aliphatic rings. The fourth-order valence-corrected chi connectivity index (χ4v) is 0.347. The van der Waals surface area contributed by atoms with E-state index in [4.69, 9.17) is 0 Å². The molecule has 1 N–H and O–H groups in total. The van der Waals surface area contributed by atoms with Gasteiger partial charge in [-0.1, -0.05) is 0 Å². The third-order valence-electron chi connectivity index (χ3n) is 0.784. The largest absolute Gasteiger partial charge is 0.286 e. The Hall–Kier alpha value is -0.990. The van der Waals surface area contributed by atoms with Crippen LogP contribution < -0.4 is 0 Å². The first kappa shape index (κ1) is 4.18. The number of aryl methyl sites for hydroxylation is 1. The summed E-state index contributed by atoms with van der Waals surface area (Å²) in [5, 5.41) is 16.3. The first-order valence-electron chi connectivity index (χ1n) is 1.98. The highest BCUT2D eigenvalue weighted by Crippen LogP contribution is 2.09. The molecule has 0 amide bonds. The average Bonchev–Trinajstić information content (AvgIpc) is 1.91. The molecule has 1 radical (unpaired) electrons. The molecule has 0 spiro atoms. The van der Waals surface area contributed by atoms with Gasteiger partial charge in [0.2, 0.25) is 5.75 Å². The van der Waals surface area contributed by atoms with Crippen LogP contribution in [0.5, 0.6) is 5.75 Å². The summed E-state index contributed by atoms with van der Waals surface area (Å²) in [6.07, 6.45) is 1.33. The summed E-state index contributed by atoms with van der Waals surface area (Å²) >= 11 is 0. The van der Waals surface area contributed by atoms with E-state index in [0.717, 1.165) is 0 Å². The molecule has 0 atom stereocenters. The van der Waals surface area contributed by atoms with Gasteiger partial charge < -0.3 is 0 Å². The molecular formula is C4H5N2O. The van der Waals surface area contributed by atoms with Crippen molar-refractivity contribution in [1.82, 2.24) is 10.2 Å². The minimum Gasteiger partial charge on any atom is -0.286 e. The lowest BCUT2D eigenvalue weighted by Crippen LogP contribution is -1.66. The Kier molecular flexibility index (Phi) is 0.749. The second-order valence-electron chi connectivity index (χ2n) is 1.33. The minimum atomic E-state index is -0.0278. The summed E-state index contributed by atoms with van der Waals surface area (Å²) in [7, 11) is 0. The van der Waals surface area contributed by atoms with Crippen LogP contribution >= 0.6 is 0 Å². The third-order valence-corrected chi connectivity index (χ3v) is 0.784. The summed E-state index contributed by atoms with van der Waals surface area (Å²) in [5.74, 6) is -0.0278. The maximum absolute atomic E-state index is 10.3. The quantitative estimate of drug-likeness (QED) is 0.512. The lowest BCUT2D eigenvalue weighted by Gasteiger charge is -1.71. The molecule has 37 valence electrons. The lowest BCUT2D eigenvalue weighted by atomic mass is 10.5. The topological polar surface area (TPSA) is 48.6 Å². The molecule has 3 nitrogen and oxygen atoms in total. The monoisotopic (exact) mass is 97.0 g/mol. The van der Waals surface area contributed by atoms with E-state index in [0.29, 0.717) is 5.69 Å². The Morgan fingerprint density at radius 3 is 2.71 bits per heavy atom. The van der Waals surface area contributed by atoms with Gasteiger partial charge in [0.05, 0.1) is 6.20 Å². The van der Waals surface area contributed by atoms with Crippen LogP contribution in [0.15, 0.2) is 6.20 Å². The van der Waals surface area contributed by atoms with Crippen molar-refractivity contribution in [3.8, 4) is 5.75 Å². The van der Waals surface area contributed by atoms with Crippen LogP contribution in [0.3, 0.4) is 0 Å². The molecule has 1 aromatic rings. The van der Waals surface area contributed by atoms with Gasteiger partial charge in [0.1, 0.15) is 5.69 Å². The molecule has 0 aliphatic heterocycles. The molecular weight excluding hydrogens is 92.1 g/mol. The number of rotatable bonds is 0. The van der Waals surface area contributed by atoms with Crippen LogP contribution in [0.2, 0.25) is 0 Å². The number of hydrogen-bond acceptors (Lipinski definition) is 1. The van der Waals surface area contributed by atoms with Crippen LogP contribution in [0, 0.1) is 6.92 Å². The highest BCUT2D eigenvalue weighted by atomic mass is 16.3. The number of H-pyrrole nitrogens is 1. The Balaban J connectivity index is 3.12. The second-order valence-corrected chi connectivity index (χ2v) is 1.33. The molecule has 0 aromatic carbocycles. The van der Waals surface area contributed by atoms with E-state index in [9.17, 15) is 5.11 Å². The molecule has 1 aromatic heterocycles. The van der Waals surface area contributed by atoms with Gasteiger partial charge in [-0.05, 0) is 6.92 Å². The maximum Gasteiger partial charge on any atom is 0.219 e. The fraction of sp³-hybridized carbons (Fsp3) is 0.250. The smallest absolute Gasteiger partial charge is 0.219 e. The molecule has 0 saturated carbocycles. The highest BCUT2D eigenvalue weighted by molar-refractivity contribution is 5.18. The van der Waals surface area contributed by atoms with E-state index in [1.165, 1.54) is 6.20 Å². The molecule has 1 heterocycles. The van der Waals surface area contributed by atoms with Crippen LogP contribution in [-0.2, 0) is 5.11 Å². The van der Waals surface area contributed by atoms with Crippen LogP contribution in [0.25, 0.3) is 0 Å². The molecule has 0 aliphatic carbocycles. The standard InChI is InChI=1S/C4H5N2O/c1-3-4(7)2-5-6-3/h2H,1H3,(H,5,6). The number of nitrogens with zero attached hydrogens (tertiary/aromatic N) is 1. The van der Waals surface area contributed by atoms with Crippen molar-refractivity contribution >= 4 is 0 Å². The van der Waals surface area contributed by atoms with Gasteiger partial charge in [0, 0.05) is 0 Å². The van der Waals surface area contributed by atoms with Gasteiger partial charge >= 0.3 is 0 Å². The Labute approximate surface area is 41.0 Å². The van der Waals surface area contributed by atoms with E-state index >= 15 is 0 Å². The van der Waals surface area contributed by atoms with Gasteiger partial charge in [0.25, 0.3) is 0 Å². The van der Waals surface area contributed by atoms with Crippen molar-refractivity contribution in [3.63, 3.8) is 0 Å². The number of hydrogen-bond donors (Lipinski definition) is 1. The van der Waals surface area contributed by atoms with Gasteiger partial charge in [-0.25, -0.2) is 0 Å². The Morgan fingerprint density at radius 2 is 2.57 bits per heavy atom. The SMILES string of the molecule is Cc1n[nH]cc1[O]. The summed E-state index contributed by atoms with van der Waals surface area (Å²) < 4.78 is 0. The molecule has 7 heavy (non-hydrogen) atoms. The van der Waals surface area contributed by atoms with E-state index in [1.54, 1.807) is 6.92 Å². The van der Waals surface area contributed by atoms with Crippen LogP contribution in [-0.4, -0.2) is 10.2 Å². The van der Waals surface area contributed by atoms with Gasteiger partial charge in [-0.3, -0.25) is 10.2 Å². The van der Waals surface area contributed by atoms with Crippen molar-refractivity contribution in [2.24, 2.45) is 0 Å². The highest BCUT2D eigenvalue weighted by Gasteiger charge is 1.94. The first-order valence-corrected chi connectivity index (χ1v) is 1.98. The molecule has 0 saturated heterocycles. The van der Waals surface area contributed by atoms with E-state index in [1.807, 2.05) is 0 Å². The number of aromatic nitrogens is 2. The predicted molar refractivity (Wildman–Crippen MR) is 23.5 cm³/mol. The van der Waals surface area contributed by atoms with Crippen molar-refractivity contribution in [3.05, 3.63) is 11.9 Å². The minimum absolute atomic E-state index is 0.0278. The normalized spacial score (nSPS) is 9.29. The van der Waals surface area contributed by atoms with Crippen molar-refractivity contribution in [1.29, 1.82) is 0 Å². The predicted octanol–water partition coefficient (Wildman–Crippen LogP) is 0.862.